The number of pyridine rings is 1. The summed E-state index contributed by atoms with van der Waals surface area (Å²) >= 11 is 12.9. The predicted octanol–water partition coefficient (Wildman–Crippen LogP) is 21.2. The lowest BCUT2D eigenvalue weighted by molar-refractivity contribution is 0.617. The molecule has 0 aliphatic heterocycles. The van der Waals surface area contributed by atoms with E-state index in [9.17, 15) is 4.39 Å². The minimum absolute atomic E-state index is 0. The van der Waals surface area contributed by atoms with E-state index in [4.69, 9.17) is 80.2 Å². The Bertz CT molecular complexity index is 7350. The third kappa shape index (κ3) is 20.2. The first-order chi connectivity index (χ1) is 62.1. The highest BCUT2D eigenvalue weighted by atomic mass is 35.5. The molecule has 0 aliphatic rings. The standard InChI is InChI=1S/C28H20N8.C24H19N7.C22H13ClFN7.C22H14ClN7.CH4/c1-18-14-21(6-5-12-29)15-19(2)25(18)36-26(23-7-3-4-13-31-23)34-24-17-32-28(35-27(24)36)33-22-10-8-20(16-30)9-11-22;1-15-11-19(5-4-10-25)12-16(2)22(15)31-17(3)28-21-14-27-24(30-23(21)31)29-20-8-6-18(13-26)7-9-20;1-13-28-19-12-27-22(29-16-6-4-14(11-26)5-7-16)30-21(19)31(13)20-17(23)9-15(3-2-8-25)10-18(20)24;1-14-9-16(3-2-8-24)10-18(23)20(14)30-13-27-19-12-26-22(29-21(19)30)28-17-6-4-15(11-25)5-7-17;/h3-11,13-15,17H,1-2H3,(H,32,33,35);4-9,11-12,14H,1-3H3,(H,27,29,30);2-7,9-10,12H,1H3,(H,27,29,30);2-7,9-10,12-13H,1H3,(H,26,28,29);1H4/b6-5+;5-4+;2*3-2+;. The van der Waals surface area contributed by atoms with Gasteiger partial charge in [0.15, 0.2) is 28.4 Å². The fraction of sp³-hybridized carbons (Fsp3) is 0.0825. The third-order valence-electron chi connectivity index (χ3n) is 19.5. The smallest absolute Gasteiger partial charge is 0.229 e. The minimum Gasteiger partial charge on any atom is -0.324 e. The van der Waals surface area contributed by atoms with Crippen molar-refractivity contribution >= 4 is 139 Å². The van der Waals surface area contributed by atoms with Gasteiger partial charge < -0.3 is 21.3 Å². The van der Waals surface area contributed by atoms with Gasteiger partial charge in [0.2, 0.25) is 23.8 Å². The summed E-state index contributed by atoms with van der Waals surface area (Å²) in [6.45, 7) is 13.7. The first-order valence-corrected chi connectivity index (χ1v) is 39.6. The molecule has 17 rings (SSSR count). The lowest BCUT2D eigenvalue weighted by Gasteiger charge is -2.16. The molecule has 4 N–H and O–H groups in total. The minimum atomic E-state index is -0.576. The molecule has 0 amide bonds. The van der Waals surface area contributed by atoms with Crippen molar-refractivity contribution in [2.45, 2.75) is 55.9 Å². The highest BCUT2D eigenvalue weighted by Gasteiger charge is 2.24. The molecule has 0 saturated heterocycles. The van der Waals surface area contributed by atoms with Crippen LogP contribution in [0.4, 0.5) is 50.9 Å². The van der Waals surface area contributed by atoms with Gasteiger partial charge in [-0.1, -0.05) is 36.7 Å². The Balaban J connectivity index is 0.000000147. The van der Waals surface area contributed by atoms with Gasteiger partial charge in [-0.25, -0.2) is 44.3 Å². The summed E-state index contributed by atoms with van der Waals surface area (Å²) in [7, 11) is 0. The molecule has 0 fully saturated rings. The summed E-state index contributed by atoms with van der Waals surface area (Å²) < 4.78 is 22.4. The number of nitrogens with zero attached hydrogens (tertiary/aromatic N) is 25. The summed E-state index contributed by atoms with van der Waals surface area (Å²) in [5.74, 6) is 2.91. The van der Waals surface area contributed by atoms with Crippen LogP contribution in [0.2, 0.25) is 10.0 Å². The zero-order valence-corrected chi connectivity index (χ0v) is 70.5. The molecule has 0 bridgehead atoms. The van der Waals surface area contributed by atoms with Gasteiger partial charge in [-0.2, -0.15) is 62.0 Å². The van der Waals surface area contributed by atoms with E-state index in [0.29, 0.717) is 118 Å². The molecule has 0 radical (unpaired) electrons. The molecule has 0 atom stereocenters. The fourth-order valence-corrected chi connectivity index (χ4v) is 14.6. The number of hydrogen-bond donors (Lipinski definition) is 4. The van der Waals surface area contributed by atoms with E-state index in [0.717, 1.165) is 84.5 Å². The van der Waals surface area contributed by atoms with Gasteiger partial charge in [0.1, 0.15) is 57.2 Å². The third-order valence-corrected chi connectivity index (χ3v) is 20.0. The Morgan fingerprint density at radius 3 is 1.02 bits per heavy atom. The predicted molar refractivity (Wildman–Crippen MR) is 496 cm³/mol. The van der Waals surface area contributed by atoms with Crippen LogP contribution in [0.1, 0.15) is 91.4 Å². The second kappa shape index (κ2) is 40.1. The van der Waals surface area contributed by atoms with E-state index in [1.165, 1.54) is 47.2 Å². The molecule has 0 unspecified atom stereocenters. The number of nitriles is 8. The molecule has 32 heteroatoms. The van der Waals surface area contributed by atoms with Crippen molar-refractivity contribution in [3.8, 4) is 82.8 Å². The summed E-state index contributed by atoms with van der Waals surface area (Å²) in [5.41, 5.74) is 21.9. The van der Waals surface area contributed by atoms with Crippen molar-refractivity contribution in [3.63, 3.8) is 0 Å². The summed E-state index contributed by atoms with van der Waals surface area (Å²) in [6, 6.07) is 64.7. The van der Waals surface area contributed by atoms with Crippen molar-refractivity contribution in [2.75, 3.05) is 21.3 Å². The number of hydrogen-bond acceptors (Lipinski definition) is 25. The first kappa shape index (κ1) is 88.5. The monoisotopic (exact) mass is 1730 g/mol. The topological polar surface area (TPSA) is 426 Å². The normalized spacial score (nSPS) is 10.8. The number of imidazole rings is 4. The number of nitrogens with one attached hydrogen (secondary N) is 4. The Labute approximate surface area is 749 Å². The Hall–Kier alpha value is -18.3. The SMILES string of the molecule is C.Cc1cc(/C=C/C#N)cc(C)c1-n1c(-c2ccccn2)nc2cnc(Nc3ccc(C#N)cc3)nc21.Cc1cc(/C=C/C#N)cc(C)c1-n1c(C)nc2cnc(Nc3ccc(C#N)cc3)nc21.Cc1cc(/C=C/C#N)cc(Cl)c1-n1cnc2cnc(Nc3ccc(C#N)cc3)nc21.Cc1nc2cnc(Nc3ccc(C#N)cc3)nc2n1-c1c(F)cc(/C=C/C#N)cc1Cl. The summed E-state index contributed by atoms with van der Waals surface area (Å²) in [6.07, 6.45) is 22.3. The lowest BCUT2D eigenvalue weighted by atomic mass is 10.0. The van der Waals surface area contributed by atoms with Crippen molar-refractivity contribution < 1.29 is 4.39 Å². The van der Waals surface area contributed by atoms with Crippen LogP contribution in [0.5, 0.6) is 0 Å². The molecule has 8 aromatic carbocycles. The van der Waals surface area contributed by atoms with Gasteiger partial charge in [0, 0.05) is 53.3 Å². The average Bonchev–Trinajstić information content (AvgIpc) is 1.55. The molecule has 129 heavy (non-hydrogen) atoms. The van der Waals surface area contributed by atoms with Crippen molar-refractivity contribution in [1.29, 1.82) is 42.1 Å². The Morgan fingerprint density at radius 2 is 0.667 bits per heavy atom. The van der Waals surface area contributed by atoms with Crippen LogP contribution in [0.25, 0.3) is 103 Å². The van der Waals surface area contributed by atoms with E-state index in [1.54, 1.807) is 141 Å². The maximum Gasteiger partial charge on any atom is 0.229 e. The maximum atomic E-state index is 15.0. The number of aryl methyl sites for hydroxylation is 7. The van der Waals surface area contributed by atoms with Crippen LogP contribution in [-0.4, -0.2) is 83.1 Å². The Kier molecular flexibility index (Phi) is 27.5. The molecular weight excluding hydrogens is 1660 g/mol. The number of benzene rings is 8. The molecule has 0 spiro atoms. The number of anilines is 8. The zero-order valence-electron chi connectivity index (χ0n) is 69.0. The number of fused-ring (bicyclic) bond motifs is 4. The molecule has 0 aliphatic carbocycles. The van der Waals surface area contributed by atoms with E-state index in [1.807, 2.05) is 152 Å². The van der Waals surface area contributed by atoms with E-state index >= 15 is 0 Å². The quantitative estimate of drug-likeness (QED) is 0.0615. The molecule has 17 aromatic rings. The van der Waals surface area contributed by atoms with Gasteiger partial charge >= 0.3 is 0 Å². The summed E-state index contributed by atoms with van der Waals surface area (Å²) in [4.78, 5) is 58.8. The van der Waals surface area contributed by atoms with Gasteiger partial charge in [0.25, 0.3) is 0 Å². The highest BCUT2D eigenvalue weighted by molar-refractivity contribution is 6.33. The van der Waals surface area contributed by atoms with Gasteiger partial charge in [-0.05, 0) is 281 Å². The molecule has 9 aromatic heterocycles. The van der Waals surface area contributed by atoms with Crippen molar-refractivity contribution in [2.24, 2.45) is 0 Å². The molecule has 9 heterocycles. The highest BCUT2D eigenvalue weighted by Crippen LogP contribution is 2.36. The van der Waals surface area contributed by atoms with Gasteiger partial charge in [-0.15, -0.1) is 0 Å². The van der Waals surface area contributed by atoms with Crippen LogP contribution in [0.15, 0.2) is 225 Å². The average molecular weight is 1730 g/mol. The number of aromatic nitrogens is 17. The van der Waals surface area contributed by atoms with Crippen LogP contribution < -0.4 is 21.3 Å². The first-order valence-electron chi connectivity index (χ1n) is 38.8. The summed E-state index contributed by atoms with van der Waals surface area (Å²) in [5, 5.41) is 84.2. The van der Waals surface area contributed by atoms with Crippen LogP contribution >= 0.6 is 23.2 Å². The van der Waals surface area contributed by atoms with E-state index in [2.05, 4.69) is 95.4 Å². The fourth-order valence-electron chi connectivity index (χ4n) is 14.0. The van der Waals surface area contributed by atoms with E-state index in [-0.39, 0.29) is 24.1 Å². The molecule has 0 saturated carbocycles. The lowest BCUT2D eigenvalue weighted by Crippen LogP contribution is -2.06. The zero-order chi connectivity index (χ0) is 90.1. The van der Waals surface area contributed by atoms with Crippen molar-refractivity contribution in [3.05, 3.63) is 325 Å². The maximum absolute atomic E-state index is 15.0. The van der Waals surface area contributed by atoms with Crippen LogP contribution in [0.3, 0.4) is 0 Å². The number of halogens is 3. The number of allylic oxidation sites excluding steroid dienone is 4. The molecule has 624 valence electrons. The Morgan fingerprint density at radius 1 is 0.341 bits per heavy atom. The second-order valence-corrected chi connectivity index (χ2v) is 29.1. The van der Waals surface area contributed by atoms with E-state index < -0.39 is 5.82 Å². The van der Waals surface area contributed by atoms with Gasteiger partial charge in [-0.3, -0.25) is 23.3 Å². The second-order valence-electron chi connectivity index (χ2n) is 28.3. The van der Waals surface area contributed by atoms with Crippen LogP contribution in [0, 0.1) is 145 Å². The van der Waals surface area contributed by atoms with Gasteiger partial charge in [0.05, 0.1) is 123 Å². The number of rotatable bonds is 17. The van der Waals surface area contributed by atoms with Crippen LogP contribution in [-0.2, 0) is 0 Å². The molecular formula is C97H70Cl2FN29. The van der Waals surface area contributed by atoms with Crippen molar-refractivity contribution in [1.82, 2.24) is 83.1 Å². The largest absolute Gasteiger partial charge is 0.324 e. The molecule has 29 nitrogen and oxygen atoms in total.